The molecular weight excluding hydrogens is 395 g/mol. The van der Waals surface area contributed by atoms with E-state index in [1.807, 2.05) is 0 Å². The highest BCUT2D eigenvalue weighted by atomic mass is 32.2. The van der Waals surface area contributed by atoms with Crippen LogP contribution in [0.5, 0.6) is 5.75 Å². The Hall–Kier alpha value is -2.65. The van der Waals surface area contributed by atoms with Gasteiger partial charge in [-0.3, -0.25) is 4.79 Å². The molecule has 0 aliphatic rings. The highest BCUT2D eigenvalue weighted by molar-refractivity contribution is 7.90. The number of methoxy groups -OCH3 is 1. The molecule has 0 fully saturated rings. The maximum atomic E-state index is 13.0. The standard InChI is InChI=1S/C19H16F3NO4S/c1-27-14-5-8-17-16(10-14)12(2-9-18(24)25)11-23(17)28(26)15-6-3-13(4-7-15)19(20,21)22/h3-8,10-11H,2,9H2,1H3,(H,24,25). The van der Waals surface area contributed by atoms with Crippen LogP contribution in [0.3, 0.4) is 0 Å². The van der Waals surface area contributed by atoms with E-state index in [1.165, 1.54) is 23.2 Å². The molecule has 0 saturated carbocycles. The molecule has 0 aliphatic carbocycles. The second kappa shape index (κ2) is 7.76. The number of aliphatic carboxylic acids is 1. The summed E-state index contributed by atoms with van der Waals surface area (Å²) in [4.78, 5) is 11.1. The Labute approximate surface area is 161 Å². The van der Waals surface area contributed by atoms with Crippen LogP contribution in [0.15, 0.2) is 53.6 Å². The Morgan fingerprint density at radius 2 is 1.89 bits per heavy atom. The molecule has 3 rings (SSSR count). The van der Waals surface area contributed by atoms with E-state index in [9.17, 15) is 22.5 Å². The van der Waals surface area contributed by atoms with Gasteiger partial charge in [0.15, 0.2) is 4.90 Å². The molecule has 1 N–H and O–H groups in total. The molecule has 1 unspecified atom stereocenters. The van der Waals surface area contributed by atoms with Crippen molar-refractivity contribution in [3.8, 4) is 5.75 Å². The zero-order valence-electron chi connectivity index (χ0n) is 14.7. The largest absolute Gasteiger partial charge is 0.587 e. The molecule has 2 aromatic carbocycles. The van der Waals surface area contributed by atoms with Gasteiger partial charge in [-0.05, 0) is 54.4 Å². The fourth-order valence-electron chi connectivity index (χ4n) is 2.82. The quantitative estimate of drug-likeness (QED) is 0.615. The number of aromatic nitrogens is 1. The summed E-state index contributed by atoms with van der Waals surface area (Å²) in [5, 5.41) is 9.63. The molecule has 0 saturated heterocycles. The zero-order chi connectivity index (χ0) is 20.5. The van der Waals surface area contributed by atoms with Crippen molar-refractivity contribution in [3.63, 3.8) is 0 Å². The summed E-state index contributed by atoms with van der Waals surface area (Å²) >= 11 is -1.80. The maximum Gasteiger partial charge on any atom is 0.416 e. The summed E-state index contributed by atoms with van der Waals surface area (Å²) in [6, 6.07) is 9.17. The molecule has 9 heteroatoms. The molecule has 0 bridgehead atoms. The highest BCUT2D eigenvalue weighted by Gasteiger charge is 2.31. The third-order valence-corrected chi connectivity index (χ3v) is 5.57. The first-order valence-electron chi connectivity index (χ1n) is 8.20. The van der Waals surface area contributed by atoms with E-state index in [-0.39, 0.29) is 17.7 Å². The number of benzene rings is 2. The second-order valence-electron chi connectivity index (χ2n) is 6.03. The van der Waals surface area contributed by atoms with Gasteiger partial charge in [0.1, 0.15) is 17.1 Å². The van der Waals surface area contributed by atoms with Crippen molar-refractivity contribution in [2.75, 3.05) is 7.11 Å². The molecule has 1 aromatic heterocycles. The number of aryl methyl sites for hydroxylation is 1. The molecular formula is C19H16F3NO4S. The second-order valence-corrected chi connectivity index (χ2v) is 7.39. The Morgan fingerprint density at radius 3 is 2.46 bits per heavy atom. The Balaban J connectivity index is 2.02. The summed E-state index contributed by atoms with van der Waals surface area (Å²) in [5.41, 5.74) is 0.411. The fourth-order valence-corrected chi connectivity index (χ4v) is 3.98. The molecule has 1 atom stereocenters. The van der Waals surface area contributed by atoms with Gasteiger partial charge in [-0.25, -0.2) is 0 Å². The average molecular weight is 411 g/mol. The predicted octanol–water partition coefficient (Wildman–Crippen LogP) is 4.26. The number of rotatable bonds is 6. The van der Waals surface area contributed by atoms with Gasteiger partial charge in [-0.2, -0.15) is 17.1 Å². The summed E-state index contributed by atoms with van der Waals surface area (Å²) in [7, 11) is 1.50. The maximum absolute atomic E-state index is 13.0. The van der Waals surface area contributed by atoms with Gasteiger partial charge >= 0.3 is 12.1 Å². The minimum atomic E-state index is -4.47. The summed E-state index contributed by atoms with van der Waals surface area (Å²) in [5.74, 6) is -0.408. The van der Waals surface area contributed by atoms with Crippen molar-refractivity contribution in [2.24, 2.45) is 0 Å². The van der Waals surface area contributed by atoms with Crippen LogP contribution in [0.1, 0.15) is 17.5 Å². The summed E-state index contributed by atoms with van der Waals surface area (Å²) in [6.45, 7) is 0. The molecule has 5 nitrogen and oxygen atoms in total. The van der Waals surface area contributed by atoms with Crippen molar-refractivity contribution in [3.05, 3.63) is 59.8 Å². The van der Waals surface area contributed by atoms with Crippen LogP contribution < -0.4 is 4.74 Å². The number of hydrogen-bond acceptors (Lipinski definition) is 3. The van der Waals surface area contributed by atoms with Crippen LogP contribution >= 0.6 is 0 Å². The Kier molecular flexibility index (Phi) is 5.57. The molecule has 3 aromatic rings. The van der Waals surface area contributed by atoms with Gasteiger partial charge in [0.25, 0.3) is 0 Å². The van der Waals surface area contributed by atoms with Gasteiger partial charge in [0.05, 0.1) is 24.4 Å². The summed E-state index contributed by atoms with van der Waals surface area (Å²) in [6.07, 6.45) is -2.79. The number of fused-ring (bicyclic) bond motifs is 1. The number of carboxylic acids is 1. The SMILES string of the molecule is COc1ccc2c(c1)c(CCC(=O)O)cn2[S+]([O-])c1ccc(C(F)(F)F)cc1. The van der Waals surface area contributed by atoms with Gasteiger partial charge in [0, 0.05) is 11.8 Å². The monoisotopic (exact) mass is 411 g/mol. The van der Waals surface area contributed by atoms with E-state index >= 15 is 0 Å². The first-order valence-corrected chi connectivity index (χ1v) is 9.30. The van der Waals surface area contributed by atoms with Crippen molar-refractivity contribution in [1.82, 2.24) is 3.97 Å². The zero-order valence-corrected chi connectivity index (χ0v) is 15.5. The van der Waals surface area contributed by atoms with Gasteiger partial charge in [-0.15, -0.1) is 0 Å². The van der Waals surface area contributed by atoms with E-state index in [2.05, 4.69) is 0 Å². The van der Waals surface area contributed by atoms with Crippen LogP contribution in [0.2, 0.25) is 0 Å². The number of ether oxygens (including phenoxy) is 1. The van der Waals surface area contributed by atoms with E-state index in [1.54, 1.807) is 24.4 Å². The number of nitrogens with zero attached hydrogens (tertiary/aromatic N) is 1. The van der Waals surface area contributed by atoms with Crippen LogP contribution in [0.4, 0.5) is 13.2 Å². The molecule has 0 amide bonds. The molecule has 0 spiro atoms. The lowest BCUT2D eigenvalue weighted by molar-refractivity contribution is -0.138. The van der Waals surface area contributed by atoms with E-state index in [0.717, 1.165) is 12.1 Å². The van der Waals surface area contributed by atoms with Crippen molar-refractivity contribution in [2.45, 2.75) is 23.9 Å². The van der Waals surface area contributed by atoms with Crippen molar-refractivity contribution >= 4 is 28.2 Å². The van der Waals surface area contributed by atoms with Crippen LogP contribution in [-0.2, 0) is 28.8 Å². The normalized spacial score (nSPS) is 12.9. The lowest BCUT2D eigenvalue weighted by Crippen LogP contribution is -2.13. The molecule has 1 heterocycles. The third-order valence-electron chi connectivity index (χ3n) is 4.23. The molecule has 0 radical (unpaired) electrons. The minimum Gasteiger partial charge on any atom is -0.587 e. The Morgan fingerprint density at radius 1 is 1.21 bits per heavy atom. The molecule has 28 heavy (non-hydrogen) atoms. The van der Waals surface area contributed by atoms with Gasteiger partial charge in [0.2, 0.25) is 0 Å². The average Bonchev–Trinajstić information content (AvgIpc) is 3.03. The van der Waals surface area contributed by atoms with Gasteiger partial charge in [-0.1, -0.05) is 0 Å². The smallest absolute Gasteiger partial charge is 0.416 e. The number of alkyl halides is 3. The van der Waals surface area contributed by atoms with Gasteiger partial charge < -0.3 is 14.4 Å². The number of halogens is 3. The third kappa shape index (κ3) is 4.10. The van der Waals surface area contributed by atoms with Crippen molar-refractivity contribution < 1.29 is 32.4 Å². The highest BCUT2D eigenvalue weighted by Crippen LogP contribution is 2.32. The summed E-state index contributed by atoms with van der Waals surface area (Å²) < 4.78 is 57.8. The van der Waals surface area contributed by atoms with E-state index < -0.39 is 29.1 Å². The van der Waals surface area contributed by atoms with Crippen molar-refractivity contribution in [1.29, 1.82) is 0 Å². The topological polar surface area (TPSA) is 74.5 Å². The fraction of sp³-hybridized carbons (Fsp3) is 0.211. The van der Waals surface area contributed by atoms with Crippen LogP contribution in [-0.4, -0.2) is 26.7 Å². The number of hydrogen-bond donors (Lipinski definition) is 1. The first-order chi connectivity index (χ1) is 13.2. The Bertz CT molecular complexity index is 999. The number of carboxylic acid groups (broad SMARTS) is 1. The molecule has 0 aliphatic heterocycles. The van der Waals surface area contributed by atoms with E-state index in [0.29, 0.717) is 22.2 Å². The van der Waals surface area contributed by atoms with Crippen LogP contribution in [0, 0.1) is 0 Å². The predicted molar refractivity (Wildman–Crippen MR) is 97.7 cm³/mol. The number of carbonyl (C=O) groups is 1. The molecule has 148 valence electrons. The lowest BCUT2D eigenvalue weighted by Gasteiger charge is -2.12. The van der Waals surface area contributed by atoms with Crippen LogP contribution in [0.25, 0.3) is 10.9 Å². The lowest BCUT2D eigenvalue weighted by atomic mass is 10.1. The first kappa shape index (κ1) is 20.1. The van der Waals surface area contributed by atoms with E-state index in [4.69, 9.17) is 9.84 Å². The minimum absolute atomic E-state index is 0.108.